The van der Waals surface area contributed by atoms with Crippen molar-refractivity contribution in [3.8, 4) is 0 Å². The van der Waals surface area contributed by atoms with E-state index < -0.39 is 6.10 Å². The SMILES string of the molecule is CCCCCCCCCCCCCC(=O)OC(CO)COCCCCCCCCCC. The van der Waals surface area contributed by atoms with Gasteiger partial charge in [0.25, 0.3) is 0 Å². The van der Waals surface area contributed by atoms with Gasteiger partial charge >= 0.3 is 5.97 Å². The van der Waals surface area contributed by atoms with Crippen LogP contribution in [0.2, 0.25) is 0 Å². The van der Waals surface area contributed by atoms with Gasteiger partial charge in [-0.3, -0.25) is 4.79 Å². The third-order valence-corrected chi connectivity index (χ3v) is 5.93. The Labute approximate surface area is 193 Å². The van der Waals surface area contributed by atoms with Crippen LogP contribution in [0.3, 0.4) is 0 Å². The molecule has 0 aromatic carbocycles. The van der Waals surface area contributed by atoms with Gasteiger partial charge in [-0.15, -0.1) is 0 Å². The molecule has 0 amide bonds. The number of esters is 1. The molecular formula is C27H54O4. The van der Waals surface area contributed by atoms with E-state index in [0.717, 1.165) is 19.3 Å². The number of ether oxygens (including phenoxy) is 2. The third-order valence-electron chi connectivity index (χ3n) is 5.93. The number of unbranched alkanes of at least 4 members (excludes halogenated alkanes) is 17. The summed E-state index contributed by atoms with van der Waals surface area (Å²) in [6.45, 7) is 5.32. The maximum absolute atomic E-state index is 12.0. The number of aliphatic hydroxyl groups excluding tert-OH is 1. The molecule has 0 aliphatic heterocycles. The van der Waals surface area contributed by atoms with Crippen molar-refractivity contribution in [2.45, 2.75) is 148 Å². The predicted octanol–water partition coefficient (Wildman–Crippen LogP) is 7.75. The molecule has 0 aliphatic rings. The monoisotopic (exact) mass is 442 g/mol. The summed E-state index contributed by atoms with van der Waals surface area (Å²) >= 11 is 0. The van der Waals surface area contributed by atoms with Crippen LogP contribution < -0.4 is 0 Å². The highest BCUT2D eigenvalue weighted by molar-refractivity contribution is 5.69. The molecule has 4 nitrogen and oxygen atoms in total. The lowest BCUT2D eigenvalue weighted by molar-refractivity contribution is -0.154. The number of hydrogen-bond acceptors (Lipinski definition) is 4. The van der Waals surface area contributed by atoms with E-state index in [9.17, 15) is 9.90 Å². The fraction of sp³-hybridized carbons (Fsp3) is 0.963. The van der Waals surface area contributed by atoms with E-state index in [4.69, 9.17) is 9.47 Å². The van der Waals surface area contributed by atoms with Crippen LogP contribution in [0.4, 0.5) is 0 Å². The molecule has 0 radical (unpaired) electrons. The number of hydrogen-bond donors (Lipinski definition) is 1. The molecule has 4 heteroatoms. The smallest absolute Gasteiger partial charge is 0.306 e. The Morgan fingerprint density at radius 1 is 0.645 bits per heavy atom. The molecule has 0 saturated carbocycles. The lowest BCUT2D eigenvalue weighted by Crippen LogP contribution is -2.27. The van der Waals surface area contributed by atoms with Crippen molar-refractivity contribution in [2.75, 3.05) is 19.8 Å². The molecule has 0 fully saturated rings. The highest BCUT2D eigenvalue weighted by atomic mass is 16.6. The van der Waals surface area contributed by atoms with Gasteiger partial charge in [-0.2, -0.15) is 0 Å². The first kappa shape index (κ1) is 30.4. The molecule has 1 unspecified atom stereocenters. The molecule has 0 bridgehead atoms. The topological polar surface area (TPSA) is 55.8 Å². The van der Waals surface area contributed by atoms with E-state index in [-0.39, 0.29) is 12.6 Å². The molecule has 1 N–H and O–H groups in total. The molecule has 1 atom stereocenters. The highest BCUT2D eigenvalue weighted by Crippen LogP contribution is 2.12. The van der Waals surface area contributed by atoms with Crippen molar-refractivity contribution in [3.63, 3.8) is 0 Å². The second-order valence-corrected chi connectivity index (χ2v) is 9.13. The molecule has 186 valence electrons. The Bertz CT molecular complexity index is 359. The molecule has 31 heavy (non-hydrogen) atoms. The van der Waals surface area contributed by atoms with Crippen LogP contribution in [-0.2, 0) is 14.3 Å². The Hall–Kier alpha value is -0.610. The van der Waals surface area contributed by atoms with Crippen LogP contribution in [0.5, 0.6) is 0 Å². The zero-order valence-electron chi connectivity index (χ0n) is 21.0. The first-order valence-corrected chi connectivity index (χ1v) is 13.6. The normalized spacial score (nSPS) is 12.2. The minimum absolute atomic E-state index is 0.165. The summed E-state index contributed by atoms with van der Waals surface area (Å²) in [6, 6.07) is 0. The summed E-state index contributed by atoms with van der Waals surface area (Å²) in [5, 5.41) is 9.42. The van der Waals surface area contributed by atoms with Crippen LogP contribution in [0.1, 0.15) is 142 Å². The van der Waals surface area contributed by atoms with Gasteiger partial charge in [0.1, 0.15) is 6.10 Å². The summed E-state index contributed by atoms with van der Waals surface area (Å²) in [6.07, 6.45) is 24.0. The van der Waals surface area contributed by atoms with Crippen LogP contribution in [0.15, 0.2) is 0 Å². The van der Waals surface area contributed by atoms with Crippen LogP contribution in [0, 0.1) is 0 Å². The van der Waals surface area contributed by atoms with Crippen LogP contribution >= 0.6 is 0 Å². The standard InChI is InChI=1S/C27H54O4/c1-3-5-7-9-11-13-14-15-16-18-20-22-27(29)31-26(24-28)25-30-23-21-19-17-12-10-8-6-4-2/h26,28H,3-25H2,1-2H3. The summed E-state index contributed by atoms with van der Waals surface area (Å²) < 4.78 is 11.0. The summed E-state index contributed by atoms with van der Waals surface area (Å²) in [4.78, 5) is 12.0. The van der Waals surface area contributed by atoms with Gasteiger partial charge in [0.15, 0.2) is 0 Å². The van der Waals surface area contributed by atoms with Crippen molar-refractivity contribution in [3.05, 3.63) is 0 Å². The largest absolute Gasteiger partial charge is 0.457 e. The molecule has 0 saturated heterocycles. The lowest BCUT2D eigenvalue weighted by atomic mass is 10.1. The summed E-state index contributed by atoms with van der Waals surface area (Å²) in [5.74, 6) is -0.203. The zero-order chi connectivity index (χ0) is 22.8. The lowest BCUT2D eigenvalue weighted by Gasteiger charge is -2.16. The van der Waals surface area contributed by atoms with Crippen LogP contribution in [-0.4, -0.2) is 37.0 Å². The van der Waals surface area contributed by atoms with Crippen molar-refractivity contribution in [1.29, 1.82) is 0 Å². The highest BCUT2D eigenvalue weighted by Gasteiger charge is 2.13. The van der Waals surface area contributed by atoms with Crippen molar-refractivity contribution in [1.82, 2.24) is 0 Å². The van der Waals surface area contributed by atoms with Crippen LogP contribution in [0.25, 0.3) is 0 Å². The van der Waals surface area contributed by atoms with Crippen molar-refractivity contribution < 1.29 is 19.4 Å². The number of carbonyl (C=O) groups excluding carboxylic acids is 1. The van der Waals surface area contributed by atoms with E-state index in [1.807, 2.05) is 0 Å². The number of rotatable bonds is 25. The fourth-order valence-corrected chi connectivity index (χ4v) is 3.86. The first-order valence-electron chi connectivity index (χ1n) is 13.6. The minimum atomic E-state index is -0.519. The zero-order valence-corrected chi connectivity index (χ0v) is 21.0. The predicted molar refractivity (Wildman–Crippen MR) is 131 cm³/mol. The van der Waals surface area contributed by atoms with E-state index >= 15 is 0 Å². The van der Waals surface area contributed by atoms with Gasteiger partial charge in [-0.05, 0) is 12.8 Å². The Morgan fingerprint density at radius 3 is 1.52 bits per heavy atom. The van der Waals surface area contributed by atoms with Gasteiger partial charge in [0, 0.05) is 13.0 Å². The van der Waals surface area contributed by atoms with Gasteiger partial charge in [0.2, 0.25) is 0 Å². The minimum Gasteiger partial charge on any atom is -0.457 e. The van der Waals surface area contributed by atoms with E-state index in [1.54, 1.807) is 0 Å². The van der Waals surface area contributed by atoms with Gasteiger partial charge < -0.3 is 14.6 Å². The first-order chi connectivity index (χ1) is 15.2. The van der Waals surface area contributed by atoms with E-state index in [2.05, 4.69) is 13.8 Å². The third kappa shape index (κ3) is 23.9. The summed E-state index contributed by atoms with van der Waals surface area (Å²) in [5.41, 5.74) is 0. The van der Waals surface area contributed by atoms with Crippen molar-refractivity contribution in [2.24, 2.45) is 0 Å². The second-order valence-electron chi connectivity index (χ2n) is 9.13. The molecular weight excluding hydrogens is 388 g/mol. The maximum Gasteiger partial charge on any atom is 0.306 e. The molecule has 0 aliphatic carbocycles. The van der Waals surface area contributed by atoms with Crippen molar-refractivity contribution >= 4 is 5.97 Å². The average Bonchev–Trinajstić information content (AvgIpc) is 2.77. The molecule has 0 aromatic rings. The maximum atomic E-state index is 12.0. The molecule has 0 rings (SSSR count). The van der Waals surface area contributed by atoms with E-state index in [1.165, 1.54) is 103 Å². The Balaban J connectivity index is 3.44. The number of aliphatic hydroxyl groups is 1. The Kier molecular flexibility index (Phi) is 25.1. The van der Waals surface area contributed by atoms with Gasteiger partial charge in [-0.25, -0.2) is 0 Å². The molecule has 0 spiro atoms. The van der Waals surface area contributed by atoms with Gasteiger partial charge in [-0.1, -0.05) is 123 Å². The summed E-state index contributed by atoms with van der Waals surface area (Å²) in [7, 11) is 0. The quantitative estimate of drug-likeness (QED) is 0.116. The average molecular weight is 443 g/mol. The Morgan fingerprint density at radius 2 is 1.06 bits per heavy atom. The number of carbonyl (C=O) groups is 1. The van der Waals surface area contributed by atoms with Gasteiger partial charge in [0.05, 0.1) is 13.2 Å². The fourth-order valence-electron chi connectivity index (χ4n) is 3.86. The second kappa shape index (κ2) is 25.6. The van der Waals surface area contributed by atoms with E-state index in [0.29, 0.717) is 19.6 Å². The molecule has 0 aromatic heterocycles. The molecule has 0 heterocycles.